The summed E-state index contributed by atoms with van der Waals surface area (Å²) in [5.74, 6) is 3.02. The van der Waals surface area contributed by atoms with Crippen LogP contribution in [0.15, 0.2) is 59.1 Å². The molecule has 4 rings (SSSR count). The van der Waals surface area contributed by atoms with Gasteiger partial charge in [0.2, 0.25) is 0 Å². The predicted molar refractivity (Wildman–Crippen MR) is 121 cm³/mol. The Kier molecular flexibility index (Phi) is 6.35. The zero-order valence-corrected chi connectivity index (χ0v) is 18.7. The molecule has 0 amide bonds. The maximum absolute atomic E-state index is 5.55. The standard InChI is InChI=1S/C22H22N4O2S2/c1-15-24-25-22(26(15)12-16-8-5-4-6-9-16)30-14-17-13-29-21(23-17)18-10-7-11-19(27-2)20(18)28-3/h4-11,13H,12,14H2,1-3H3. The van der Waals surface area contributed by atoms with Gasteiger partial charge in [0.25, 0.3) is 0 Å². The molecule has 0 aliphatic carbocycles. The summed E-state index contributed by atoms with van der Waals surface area (Å²) >= 11 is 3.24. The zero-order chi connectivity index (χ0) is 20.9. The fourth-order valence-electron chi connectivity index (χ4n) is 3.11. The van der Waals surface area contributed by atoms with Gasteiger partial charge < -0.3 is 14.0 Å². The van der Waals surface area contributed by atoms with E-state index in [0.29, 0.717) is 11.5 Å². The number of hydrogen-bond donors (Lipinski definition) is 0. The summed E-state index contributed by atoms with van der Waals surface area (Å²) in [5.41, 5.74) is 3.15. The highest BCUT2D eigenvalue weighted by molar-refractivity contribution is 7.98. The molecule has 0 radical (unpaired) electrons. The fourth-order valence-corrected chi connectivity index (χ4v) is 4.93. The van der Waals surface area contributed by atoms with E-state index in [1.807, 2.05) is 43.3 Å². The van der Waals surface area contributed by atoms with E-state index in [4.69, 9.17) is 14.5 Å². The van der Waals surface area contributed by atoms with Gasteiger partial charge in [0.15, 0.2) is 16.7 Å². The summed E-state index contributed by atoms with van der Waals surface area (Å²) in [7, 11) is 3.28. The molecular formula is C22H22N4O2S2. The summed E-state index contributed by atoms with van der Waals surface area (Å²) in [5, 5.41) is 12.5. The third-order valence-corrected chi connectivity index (χ3v) is 6.54. The van der Waals surface area contributed by atoms with Crippen LogP contribution in [0, 0.1) is 6.92 Å². The van der Waals surface area contributed by atoms with Crippen molar-refractivity contribution in [1.29, 1.82) is 0 Å². The molecule has 0 fully saturated rings. The van der Waals surface area contributed by atoms with Crippen molar-refractivity contribution in [3.63, 3.8) is 0 Å². The molecule has 0 N–H and O–H groups in total. The molecule has 0 saturated heterocycles. The van der Waals surface area contributed by atoms with Crippen molar-refractivity contribution in [1.82, 2.24) is 19.7 Å². The van der Waals surface area contributed by atoms with Crippen molar-refractivity contribution < 1.29 is 9.47 Å². The molecular weight excluding hydrogens is 416 g/mol. The second kappa shape index (κ2) is 9.32. The van der Waals surface area contributed by atoms with Gasteiger partial charge in [0.05, 0.1) is 32.0 Å². The van der Waals surface area contributed by atoms with E-state index in [1.54, 1.807) is 37.3 Å². The van der Waals surface area contributed by atoms with E-state index in [-0.39, 0.29) is 0 Å². The number of para-hydroxylation sites is 1. The number of nitrogens with zero attached hydrogens (tertiary/aromatic N) is 4. The number of rotatable bonds is 8. The molecule has 154 valence electrons. The molecule has 6 nitrogen and oxygen atoms in total. The first kappa shape index (κ1) is 20.4. The van der Waals surface area contributed by atoms with Crippen molar-refractivity contribution in [3.8, 4) is 22.1 Å². The van der Waals surface area contributed by atoms with Gasteiger partial charge in [0.1, 0.15) is 10.8 Å². The van der Waals surface area contributed by atoms with Crippen LogP contribution in [-0.4, -0.2) is 34.0 Å². The Morgan fingerprint density at radius 3 is 2.60 bits per heavy atom. The van der Waals surface area contributed by atoms with Gasteiger partial charge in [-0.2, -0.15) is 0 Å². The SMILES string of the molecule is COc1cccc(-c2nc(CSc3nnc(C)n3Cc3ccccc3)cs2)c1OC. The average molecular weight is 439 g/mol. The number of benzene rings is 2. The van der Waals surface area contributed by atoms with E-state index < -0.39 is 0 Å². The third kappa shape index (κ3) is 4.34. The lowest BCUT2D eigenvalue weighted by atomic mass is 10.2. The molecule has 2 heterocycles. The van der Waals surface area contributed by atoms with Crippen molar-refractivity contribution in [2.45, 2.75) is 24.4 Å². The number of aromatic nitrogens is 4. The first-order valence-electron chi connectivity index (χ1n) is 9.42. The molecule has 0 bridgehead atoms. The summed E-state index contributed by atoms with van der Waals surface area (Å²) in [4.78, 5) is 4.80. The van der Waals surface area contributed by atoms with Crippen LogP contribution in [0.25, 0.3) is 10.6 Å². The highest BCUT2D eigenvalue weighted by atomic mass is 32.2. The minimum absolute atomic E-state index is 0.700. The summed E-state index contributed by atoms with van der Waals surface area (Å²) in [6.07, 6.45) is 0. The molecule has 0 atom stereocenters. The summed E-state index contributed by atoms with van der Waals surface area (Å²) in [6, 6.07) is 16.2. The molecule has 2 aromatic carbocycles. The Morgan fingerprint density at radius 1 is 1.00 bits per heavy atom. The molecule has 4 aromatic rings. The molecule has 0 spiro atoms. The Morgan fingerprint density at radius 2 is 1.83 bits per heavy atom. The van der Waals surface area contributed by atoms with Crippen LogP contribution in [0.5, 0.6) is 11.5 Å². The summed E-state index contributed by atoms with van der Waals surface area (Å²) < 4.78 is 13.1. The van der Waals surface area contributed by atoms with Crippen LogP contribution in [0.3, 0.4) is 0 Å². The Labute approximate surface area is 183 Å². The average Bonchev–Trinajstić information content (AvgIpc) is 3.39. The Balaban J connectivity index is 1.50. The molecule has 0 aliphatic heterocycles. The first-order chi connectivity index (χ1) is 14.7. The van der Waals surface area contributed by atoms with E-state index in [9.17, 15) is 0 Å². The maximum Gasteiger partial charge on any atom is 0.191 e. The van der Waals surface area contributed by atoms with E-state index in [1.165, 1.54) is 5.56 Å². The highest BCUT2D eigenvalue weighted by Gasteiger charge is 2.16. The largest absolute Gasteiger partial charge is 0.493 e. The minimum atomic E-state index is 0.700. The lowest BCUT2D eigenvalue weighted by molar-refractivity contribution is 0.356. The molecule has 0 saturated carbocycles. The van der Waals surface area contributed by atoms with Crippen LogP contribution in [0.1, 0.15) is 17.1 Å². The normalized spacial score (nSPS) is 10.9. The monoisotopic (exact) mass is 438 g/mol. The number of ether oxygens (including phenoxy) is 2. The molecule has 8 heteroatoms. The van der Waals surface area contributed by atoms with Crippen LogP contribution in [0.4, 0.5) is 0 Å². The van der Waals surface area contributed by atoms with Crippen molar-refractivity contribution in [2.75, 3.05) is 14.2 Å². The Bertz CT molecular complexity index is 1130. The predicted octanol–water partition coefficient (Wildman–Crippen LogP) is 5.07. The van der Waals surface area contributed by atoms with Crippen LogP contribution >= 0.6 is 23.1 Å². The smallest absolute Gasteiger partial charge is 0.191 e. The van der Waals surface area contributed by atoms with E-state index in [2.05, 4.69) is 32.3 Å². The molecule has 30 heavy (non-hydrogen) atoms. The van der Waals surface area contributed by atoms with Crippen molar-refractivity contribution in [3.05, 3.63) is 71.0 Å². The highest BCUT2D eigenvalue weighted by Crippen LogP contribution is 2.39. The van der Waals surface area contributed by atoms with Crippen molar-refractivity contribution >= 4 is 23.1 Å². The second-order valence-electron chi connectivity index (χ2n) is 6.58. The minimum Gasteiger partial charge on any atom is -0.493 e. The van der Waals surface area contributed by atoms with Gasteiger partial charge in [-0.3, -0.25) is 0 Å². The topological polar surface area (TPSA) is 62.1 Å². The molecule has 2 aromatic heterocycles. The molecule has 0 aliphatic rings. The van der Waals surface area contributed by atoms with Gasteiger partial charge >= 0.3 is 0 Å². The maximum atomic E-state index is 5.55. The van der Waals surface area contributed by atoms with Crippen LogP contribution in [0.2, 0.25) is 0 Å². The fraction of sp³-hybridized carbons (Fsp3) is 0.227. The van der Waals surface area contributed by atoms with Gasteiger partial charge in [-0.15, -0.1) is 21.5 Å². The van der Waals surface area contributed by atoms with Gasteiger partial charge in [-0.05, 0) is 24.6 Å². The van der Waals surface area contributed by atoms with E-state index in [0.717, 1.165) is 39.5 Å². The second-order valence-corrected chi connectivity index (χ2v) is 8.38. The van der Waals surface area contributed by atoms with Crippen LogP contribution < -0.4 is 9.47 Å². The number of aryl methyl sites for hydroxylation is 1. The first-order valence-corrected chi connectivity index (χ1v) is 11.3. The quantitative estimate of drug-likeness (QED) is 0.358. The number of methoxy groups -OCH3 is 2. The third-order valence-electron chi connectivity index (χ3n) is 4.62. The number of thioether (sulfide) groups is 1. The lowest BCUT2D eigenvalue weighted by Crippen LogP contribution is -2.03. The lowest BCUT2D eigenvalue weighted by Gasteiger charge is -2.10. The number of hydrogen-bond acceptors (Lipinski definition) is 7. The van der Waals surface area contributed by atoms with Crippen LogP contribution in [-0.2, 0) is 12.3 Å². The van der Waals surface area contributed by atoms with Gasteiger partial charge in [0, 0.05) is 11.1 Å². The van der Waals surface area contributed by atoms with E-state index >= 15 is 0 Å². The zero-order valence-electron chi connectivity index (χ0n) is 17.0. The van der Waals surface area contributed by atoms with Crippen molar-refractivity contribution in [2.24, 2.45) is 0 Å². The van der Waals surface area contributed by atoms with Gasteiger partial charge in [-0.1, -0.05) is 48.2 Å². The van der Waals surface area contributed by atoms with Gasteiger partial charge in [-0.25, -0.2) is 4.98 Å². The Hall–Kier alpha value is -2.84. The molecule has 0 unspecified atom stereocenters. The summed E-state index contributed by atoms with van der Waals surface area (Å²) in [6.45, 7) is 2.74. The number of thiazole rings is 1.